The Hall–Kier alpha value is -2.05. The van der Waals surface area contributed by atoms with Gasteiger partial charge in [0, 0.05) is 10.6 Å². The molecular formula is C16H13ClFNO. The SMILES string of the molecule is Cc1cc(OCc2cc(C#N)ccc2F)cc(C)c1Cl. The van der Waals surface area contributed by atoms with Crippen molar-refractivity contribution in [2.24, 2.45) is 0 Å². The van der Waals surface area contributed by atoms with Gasteiger partial charge in [-0.2, -0.15) is 5.26 Å². The monoisotopic (exact) mass is 289 g/mol. The van der Waals surface area contributed by atoms with Crippen LogP contribution in [-0.2, 0) is 6.61 Å². The molecule has 2 aromatic carbocycles. The zero-order chi connectivity index (χ0) is 14.7. The zero-order valence-corrected chi connectivity index (χ0v) is 12.0. The fourth-order valence-electron chi connectivity index (χ4n) is 1.91. The van der Waals surface area contributed by atoms with Crippen LogP contribution in [0.25, 0.3) is 0 Å². The van der Waals surface area contributed by atoms with E-state index in [1.54, 1.807) is 12.1 Å². The first-order valence-electron chi connectivity index (χ1n) is 6.09. The lowest BCUT2D eigenvalue weighted by Crippen LogP contribution is -2.00. The topological polar surface area (TPSA) is 33.0 Å². The highest BCUT2D eigenvalue weighted by Gasteiger charge is 2.07. The van der Waals surface area contributed by atoms with E-state index in [0.717, 1.165) is 11.1 Å². The first-order chi connectivity index (χ1) is 9.51. The van der Waals surface area contributed by atoms with Crippen molar-refractivity contribution in [3.63, 3.8) is 0 Å². The van der Waals surface area contributed by atoms with E-state index in [4.69, 9.17) is 21.6 Å². The maximum absolute atomic E-state index is 13.6. The fourth-order valence-corrected chi connectivity index (χ4v) is 2.01. The number of hydrogen-bond donors (Lipinski definition) is 0. The van der Waals surface area contributed by atoms with Gasteiger partial charge in [-0.25, -0.2) is 4.39 Å². The van der Waals surface area contributed by atoms with E-state index in [-0.39, 0.29) is 12.4 Å². The van der Waals surface area contributed by atoms with Gasteiger partial charge < -0.3 is 4.74 Å². The lowest BCUT2D eigenvalue weighted by molar-refractivity contribution is 0.299. The number of rotatable bonds is 3. The summed E-state index contributed by atoms with van der Waals surface area (Å²) in [6, 6.07) is 9.80. The predicted octanol–water partition coefficient (Wildman–Crippen LogP) is 4.55. The normalized spacial score (nSPS) is 10.2. The lowest BCUT2D eigenvalue weighted by atomic mass is 10.1. The van der Waals surface area contributed by atoms with Gasteiger partial charge in [-0.1, -0.05) is 11.6 Å². The average Bonchev–Trinajstić information content (AvgIpc) is 2.43. The Balaban J connectivity index is 2.19. The van der Waals surface area contributed by atoms with E-state index in [9.17, 15) is 4.39 Å². The number of nitriles is 1. The molecule has 2 rings (SSSR count). The molecule has 0 N–H and O–H groups in total. The van der Waals surface area contributed by atoms with Crippen molar-refractivity contribution >= 4 is 11.6 Å². The van der Waals surface area contributed by atoms with Crippen LogP contribution in [-0.4, -0.2) is 0 Å². The highest BCUT2D eigenvalue weighted by atomic mass is 35.5. The summed E-state index contributed by atoms with van der Waals surface area (Å²) in [5, 5.41) is 9.52. The lowest BCUT2D eigenvalue weighted by Gasteiger charge is -2.10. The second kappa shape index (κ2) is 5.94. The molecule has 0 heterocycles. The molecule has 0 radical (unpaired) electrons. The molecule has 0 atom stereocenters. The van der Waals surface area contributed by atoms with Crippen LogP contribution in [0, 0.1) is 31.0 Å². The van der Waals surface area contributed by atoms with Crippen LogP contribution in [0.1, 0.15) is 22.3 Å². The molecule has 0 saturated heterocycles. The summed E-state index contributed by atoms with van der Waals surface area (Å²) in [5.41, 5.74) is 2.59. The van der Waals surface area contributed by atoms with Crippen molar-refractivity contribution in [1.82, 2.24) is 0 Å². The molecule has 0 unspecified atom stereocenters. The molecule has 0 aromatic heterocycles. The fraction of sp³-hybridized carbons (Fsp3) is 0.188. The minimum absolute atomic E-state index is 0.0713. The van der Waals surface area contributed by atoms with Gasteiger partial charge in [0.15, 0.2) is 0 Å². The molecule has 2 aromatic rings. The summed E-state index contributed by atoms with van der Waals surface area (Å²) in [5.74, 6) is 0.248. The van der Waals surface area contributed by atoms with Gasteiger partial charge in [-0.3, -0.25) is 0 Å². The number of hydrogen-bond acceptors (Lipinski definition) is 2. The van der Waals surface area contributed by atoms with Gasteiger partial charge in [0.25, 0.3) is 0 Å². The number of halogens is 2. The molecule has 4 heteroatoms. The summed E-state index contributed by atoms with van der Waals surface area (Å²) in [6.45, 7) is 3.85. The Morgan fingerprint density at radius 2 is 1.85 bits per heavy atom. The van der Waals surface area contributed by atoms with E-state index in [0.29, 0.717) is 21.9 Å². The predicted molar refractivity (Wildman–Crippen MR) is 76.4 cm³/mol. The van der Waals surface area contributed by atoms with Crippen LogP contribution in [0.15, 0.2) is 30.3 Å². The van der Waals surface area contributed by atoms with E-state index in [1.807, 2.05) is 19.9 Å². The molecule has 0 bridgehead atoms. The van der Waals surface area contributed by atoms with E-state index in [2.05, 4.69) is 0 Å². The number of benzene rings is 2. The quantitative estimate of drug-likeness (QED) is 0.830. The van der Waals surface area contributed by atoms with Crippen molar-refractivity contribution in [3.8, 4) is 11.8 Å². The van der Waals surface area contributed by atoms with Gasteiger partial charge in [0.05, 0.1) is 11.6 Å². The Morgan fingerprint density at radius 3 is 2.45 bits per heavy atom. The van der Waals surface area contributed by atoms with Crippen LogP contribution < -0.4 is 4.74 Å². The summed E-state index contributed by atoms with van der Waals surface area (Å²) in [6.07, 6.45) is 0. The van der Waals surface area contributed by atoms with Crippen molar-refractivity contribution in [1.29, 1.82) is 5.26 Å². The van der Waals surface area contributed by atoms with Crippen LogP contribution >= 0.6 is 11.6 Å². The first kappa shape index (κ1) is 14.4. The number of aryl methyl sites for hydroxylation is 2. The Labute approximate surface area is 122 Å². The molecule has 0 fully saturated rings. The standard InChI is InChI=1S/C16H13ClFNO/c1-10-5-14(6-11(2)16(10)17)20-9-13-7-12(8-19)3-4-15(13)18/h3-7H,9H2,1-2H3. The Bertz CT molecular complexity index is 668. The van der Waals surface area contributed by atoms with Crippen LogP contribution in [0.2, 0.25) is 5.02 Å². The highest BCUT2D eigenvalue weighted by molar-refractivity contribution is 6.32. The van der Waals surface area contributed by atoms with E-state index >= 15 is 0 Å². The van der Waals surface area contributed by atoms with Crippen LogP contribution in [0.5, 0.6) is 5.75 Å². The van der Waals surface area contributed by atoms with E-state index in [1.165, 1.54) is 18.2 Å². The average molecular weight is 290 g/mol. The smallest absolute Gasteiger partial charge is 0.129 e. The van der Waals surface area contributed by atoms with E-state index < -0.39 is 0 Å². The Morgan fingerprint density at radius 1 is 1.20 bits per heavy atom. The maximum Gasteiger partial charge on any atom is 0.129 e. The number of ether oxygens (including phenoxy) is 1. The molecule has 0 aliphatic carbocycles. The number of nitrogens with zero attached hydrogens (tertiary/aromatic N) is 1. The van der Waals surface area contributed by atoms with Gasteiger partial charge in [0.2, 0.25) is 0 Å². The minimum atomic E-state index is -0.383. The van der Waals surface area contributed by atoms with Crippen molar-refractivity contribution < 1.29 is 9.13 Å². The molecular weight excluding hydrogens is 277 g/mol. The van der Waals surface area contributed by atoms with Crippen molar-refractivity contribution in [3.05, 3.63) is 63.4 Å². The summed E-state index contributed by atoms with van der Waals surface area (Å²) in [7, 11) is 0. The van der Waals surface area contributed by atoms with Crippen molar-refractivity contribution in [2.45, 2.75) is 20.5 Å². The summed E-state index contributed by atoms with van der Waals surface area (Å²) in [4.78, 5) is 0. The minimum Gasteiger partial charge on any atom is -0.489 e. The van der Waals surface area contributed by atoms with Gasteiger partial charge in [0.1, 0.15) is 18.2 Å². The van der Waals surface area contributed by atoms with Crippen molar-refractivity contribution in [2.75, 3.05) is 0 Å². The second-order valence-corrected chi connectivity index (χ2v) is 4.96. The largest absolute Gasteiger partial charge is 0.489 e. The van der Waals surface area contributed by atoms with Crippen LogP contribution in [0.3, 0.4) is 0 Å². The first-order valence-corrected chi connectivity index (χ1v) is 6.47. The Kier molecular flexibility index (Phi) is 4.26. The molecule has 102 valence electrons. The molecule has 0 spiro atoms. The second-order valence-electron chi connectivity index (χ2n) is 4.58. The molecule has 0 aliphatic heterocycles. The molecule has 20 heavy (non-hydrogen) atoms. The van der Waals surface area contributed by atoms with Gasteiger partial charge in [-0.15, -0.1) is 0 Å². The highest BCUT2D eigenvalue weighted by Crippen LogP contribution is 2.26. The zero-order valence-electron chi connectivity index (χ0n) is 11.2. The molecule has 2 nitrogen and oxygen atoms in total. The van der Waals surface area contributed by atoms with Crippen LogP contribution in [0.4, 0.5) is 4.39 Å². The third-order valence-electron chi connectivity index (χ3n) is 2.98. The third-order valence-corrected chi connectivity index (χ3v) is 3.58. The van der Waals surface area contributed by atoms with Gasteiger partial charge in [-0.05, 0) is 55.3 Å². The molecule has 0 amide bonds. The molecule has 0 saturated carbocycles. The molecule has 0 aliphatic rings. The summed E-state index contributed by atoms with van der Waals surface area (Å²) >= 11 is 6.08. The third kappa shape index (κ3) is 3.09. The van der Waals surface area contributed by atoms with Gasteiger partial charge >= 0.3 is 0 Å². The maximum atomic E-state index is 13.6. The summed E-state index contributed by atoms with van der Waals surface area (Å²) < 4.78 is 19.2.